The zero-order valence-electron chi connectivity index (χ0n) is 13.7. The standard InChI is InChI=1S/C18H19BrN2O4/c19-10-3-1-2-5-11-6-4-7-12-15(11)18(25)21(17(12)24)13-8-9-14(22)20-16(13)23/h4,6-7,13H,1-3,5,8-10H2,(H,20,22,23). The van der Waals surface area contributed by atoms with Gasteiger partial charge in [-0.3, -0.25) is 29.4 Å². The van der Waals surface area contributed by atoms with E-state index in [0.717, 1.165) is 41.5 Å². The van der Waals surface area contributed by atoms with Gasteiger partial charge in [0.25, 0.3) is 11.8 Å². The molecule has 0 radical (unpaired) electrons. The van der Waals surface area contributed by atoms with E-state index in [1.165, 1.54) is 0 Å². The predicted octanol–water partition coefficient (Wildman–Crippen LogP) is 2.20. The molecule has 1 atom stereocenters. The quantitative estimate of drug-likeness (QED) is 0.445. The molecular weight excluding hydrogens is 388 g/mol. The maximum Gasteiger partial charge on any atom is 0.262 e. The summed E-state index contributed by atoms with van der Waals surface area (Å²) >= 11 is 3.40. The number of carbonyl (C=O) groups excluding carboxylic acids is 4. The molecule has 2 aliphatic rings. The van der Waals surface area contributed by atoms with Crippen molar-refractivity contribution in [1.82, 2.24) is 10.2 Å². The van der Waals surface area contributed by atoms with E-state index in [1.807, 2.05) is 6.07 Å². The van der Waals surface area contributed by atoms with Crippen LogP contribution in [0.5, 0.6) is 0 Å². The Morgan fingerprint density at radius 2 is 1.88 bits per heavy atom. The molecule has 1 N–H and O–H groups in total. The van der Waals surface area contributed by atoms with Gasteiger partial charge in [0.2, 0.25) is 11.8 Å². The van der Waals surface area contributed by atoms with E-state index in [2.05, 4.69) is 21.2 Å². The van der Waals surface area contributed by atoms with Crippen molar-refractivity contribution in [3.05, 3.63) is 34.9 Å². The van der Waals surface area contributed by atoms with E-state index in [-0.39, 0.29) is 18.7 Å². The third-order valence-electron chi connectivity index (χ3n) is 4.63. The van der Waals surface area contributed by atoms with Gasteiger partial charge < -0.3 is 0 Å². The summed E-state index contributed by atoms with van der Waals surface area (Å²) in [6, 6.07) is 4.36. The van der Waals surface area contributed by atoms with Crippen molar-refractivity contribution < 1.29 is 19.2 Å². The van der Waals surface area contributed by atoms with Crippen LogP contribution >= 0.6 is 15.9 Å². The lowest BCUT2D eigenvalue weighted by Gasteiger charge is -2.27. The fraction of sp³-hybridized carbons (Fsp3) is 0.444. The average molecular weight is 407 g/mol. The summed E-state index contributed by atoms with van der Waals surface area (Å²) in [5.41, 5.74) is 1.61. The number of carbonyl (C=O) groups is 4. The third-order valence-corrected chi connectivity index (χ3v) is 5.19. The van der Waals surface area contributed by atoms with Gasteiger partial charge in [-0.2, -0.15) is 0 Å². The first kappa shape index (κ1) is 17.8. The Labute approximate surface area is 154 Å². The van der Waals surface area contributed by atoms with Crippen LogP contribution in [0.25, 0.3) is 0 Å². The molecule has 2 heterocycles. The van der Waals surface area contributed by atoms with Crippen molar-refractivity contribution >= 4 is 39.6 Å². The van der Waals surface area contributed by atoms with Crippen molar-refractivity contribution in [2.24, 2.45) is 0 Å². The van der Waals surface area contributed by atoms with E-state index in [4.69, 9.17) is 0 Å². The highest BCUT2D eigenvalue weighted by Gasteiger charge is 2.45. The molecule has 1 aromatic rings. The molecule has 1 unspecified atom stereocenters. The minimum atomic E-state index is -0.911. The van der Waals surface area contributed by atoms with Crippen LogP contribution in [-0.4, -0.2) is 39.9 Å². The van der Waals surface area contributed by atoms with Crippen molar-refractivity contribution in [2.45, 2.75) is 44.6 Å². The zero-order chi connectivity index (χ0) is 18.0. The molecule has 132 valence electrons. The second-order valence-electron chi connectivity index (χ2n) is 6.29. The normalized spacial score (nSPS) is 20.0. The Morgan fingerprint density at radius 3 is 2.60 bits per heavy atom. The van der Waals surface area contributed by atoms with Crippen LogP contribution < -0.4 is 5.32 Å². The number of imide groups is 2. The maximum absolute atomic E-state index is 12.9. The van der Waals surface area contributed by atoms with Crippen molar-refractivity contribution in [3.63, 3.8) is 0 Å². The number of hydrogen-bond donors (Lipinski definition) is 1. The Kier molecular flexibility index (Phi) is 5.32. The number of hydrogen-bond acceptors (Lipinski definition) is 4. The minimum Gasteiger partial charge on any atom is -0.295 e. The summed E-state index contributed by atoms with van der Waals surface area (Å²) in [6.45, 7) is 0. The van der Waals surface area contributed by atoms with Gasteiger partial charge in [-0.15, -0.1) is 0 Å². The number of halogens is 1. The van der Waals surface area contributed by atoms with Gasteiger partial charge in [0.1, 0.15) is 6.04 Å². The first-order chi connectivity index (χ1) is 12.0. The lowest BCUT2D eigenvalue weighted by Crippen LogP contribution is -2.54. The minimum absolute atomic E-state index is 0.128. The van der Waals surface area contributed by atoms with Crippen LogP contribution in [0.2, 0.25) is 0 Å². The zero-order valence-corrected chi connectivity index (χ0v) is 15.3. The molecule has 0 spiro atoms. The van der Waals surface area contributed by atoms with E-state index in [0.29, 0.717) is 11.1 Å². The van der Waals surface area contributed by atoms with E-state index >= 15 is 0 Å². The molecule has 1 aromatic carbocycles. The number of alkyl halides is 1. The van der Waals surface area contributed by atoms with Gasteiger partial charge in [0.05, 0.1) is 11.1 Å². The predicted molar refractivity (Wildman–Crippen MR) is 94.5 cm³/mol. The molecule has 3 rings (SSSR count). The molecule has 4 amide bonds. The number of unbranched alkanes of at least 4 members (excludes halogenated alkanes) is 2. The molecule has 6 nitrogen and oxygen atoms in total. The second kappa shape index (κ2) is 7.47. The van der Waals surface area contributed by atoms with E-state index in [9.17, 15) is 19.2 Å². The highest BCUT2D eigenvalue weighted by atomic mass is 79.9. The van der Waals surface area contributed by atoms with Crippen molar-refractivity contribution in [3.8, 4) is 0 Å². The number of amides is 4. The van der Waals surface area contributed by atoms with Crippen LogP contribution in [0.1, 0.15) is 58.4 Å². The summed E-state index contributed by atoms with van der Waals surface area (Å²) in [5.74, 6) is -1.82. The second-order valence-corrected chi connectivity index (χ2v) is 7.08. The molecule has 0 bridgehead atoms. The number of benzene rings is 1. The fourth-order valence-electron chi connectivity index (χ4n) is 3.38. The number of nitrogens with zero attached hydrogens (tertiary/aromatic N) is 1. The van der Waals surface area contributed by atoms with Gasteiger partial charge in [-0.1, -0.05) is 34.5 Å². The average Bonchev–Trinajstić information content (AvgIpc) is 2.84. The smallest absolute Gasteiger partial charge is 0.262 e. The highest BCUT2D eigenvalue weighted by Crippen LogP contribution is 2.30. The lowest BCUT2D eigenvalue weighted by atomic mass is 9.98. The maximum atomic E-state index is 12.9. The summed E-state index contributed by atoms with van der Waals surface area (Å²) in [6.07, 6.45) is 4.05. The number of rotatable bonds is 6. The molecule has 7 heteroatoms. The van der Waals surface area contributed by atoms with Gasteiger partial charge in [0.15, 0.2) is 0 Å². The molecule has 25 heavy (non-hydrogen) atoms. The Hall–Kier alpha value is -2.02. The van der Waals surface area contributed by atoms with Gasteiger partial charge in [-0.25, -0.2) is 0 Å². The van der Waals surface area contributed by atoms with Gasteiger partial charge in [-0.05, 0) is 37.3 Å². The van der Waals surface area contributed by atoms with Gasteiger partial charge in [0, 0.05) is 11.8 Å². The van der Waals surface area contributed by atoms with Crippen LogP contribution in [0, 0.1) is 0 Å². The first-order valence-corrected chi connectivity index (χ1v) is 9.56. The van der Waals surface area contributed by atoms with Crippen LogP contribution in [0.15, 0.2) is 18.2 Å². The first-order valence-electron chi connectivity index (χ1n) is 8.44. The van der Waals surface area contributed by atoms with E-state index in [1.54, 1.807) is 12.1 Å². The monoisotopic (exact) mass is 406 g/mol. The Bertz CT molecular complexity index is 747. The largest absolute Gasteiger partial charge is 0.295 e. The Balaban J connectivity index is 1.84. The summed E-state index contributed by atoms with van der Waals surface area (Å²) in [5, 5.41) is 3.15. The molecule has 1 fully saturated rings. The number of piperidine rings is 1. The van der Waals surface area contributed by atoms with Crippen LogP contribution in [-0.2, 0) is 16.0 Å². The topological polar surface area (TPSA) is 83.6 Å². The van der Waals surface area contributed by atoms with Gasteiger partial charge >= 0.3 is 0 Å². The lowest BCUT2D eigenvalue weighted by molar-refractivity contribution is -0.136. The molecule has 0 aromatic heterocycles. The molecule has 2 aliphatic heterocycles. The number of aryl methyl sites for hydroxylation is 1. The fourth-order valence-corrected chi connectivity index (χ4v) is 3.78. The Morgan fingerprint density at radius 1 is 1.08 bits per heavy atom. The van der Waals surface area contributed by atoms with Crippen LogP contribution in [0.3, 0.4) is 0 Å². The number of nitrogens with one attached hydrogen (secondary N) is 1. The van der Waals surface area contributed by atoms with Crippen LogP contribution in [0.4, 0.5) is 0 Å². The molecule has 1 saturated heterocycles. The molecule has 0 saturated carbocycles. The highest BCUT2D eigenvalue weighted by molar-refractivity contribution is 9.09. The number of fused-ring (bicyclic) bond motifs is 1. The molecular formula is C18H19BrN2O4. The molecule has 0 aliphatic carbocycles. The van der Waals surface area contributed by atoms with E-state index < -0.39 is 23.8 Å². The third kappa shape index (κ3) is 3.38. The summed E-state index contributed by atoms with van der Waals surface area (Å²) in [7, 11) is 0. The summed E-state index contributed by atoms with van der Waals surface area (Å²) < 4.78 is 0. The van der Waals surface area contributed by atoms with Crippen molar-refractivity contribution in [2.75, 3.05) is 5.33 Å². The SMILES string of the molecule is O=C1CCC(N2C(=O)c3cccc(CCCCCBr)c3C2=O)C(=O)N1. The van der Waals surface area contributed by atoms with Crippen molar-refractivity contribution in [1.29, 1.82) is 0 Å². The summed E-state index contributed by atoms with van der Waals surface area (Å²) in [4.78, 5) is 50.0.